The normalized spacial score (nSPS) is 11.3. The molecule has 0 aliphatic rings. The van der Waals surface area contributed by atoms with Crippen LogP contribution in [0.1, 0.15) is 0 Å². The Hall–Kier alpha value is -5.66. The Morgan fingerprint density at radius 3 is 1.83 bits per heavy atom. The molecule has 0 unspecified atom stereocenters. The topological polar surface area (TPSA) is 55.0 Å². The average molecular weight is 597 g/mol. The molecule has 0 fully saturated rings. The molecule has 9 rings (SSSR count). The van der Waals surface area contributed by atoms with E-state index in [1.165, 1.54) is 0 Å². The van der Waals surface area contributed by atoms with E-state index in [1.54, 1.807) is 0 Å². The molecule has 2 aromatic heterocycles. The summed E-state index contributed by atoms with van der Waals surface area (Å²) in [4.78, 5) is 8.25. The molecule has 0 aliphatic heterocycles. The predicted octanol–water partition coefficient (Wildman–Crippen LogP) is 6.38. The second kappa shape index (κ2) is 11.6. The van der Waals surface area contributed by atoms with Gasteiger partial charge in [0.15, 0.2) is 6.20 Å². The SMILES string of the molecule is [Li+].[O-]c1c(-c2c3ccccc3c(-c3ccc(-c4nc5ccccc5n4-c4ccccc4)cc3)c3ccccc23)ccc2ccc[nH+]c12. The van der Waals surface area contributed by atoms with Crippen LogP contribution in [0.25, 0.3) is 82.8 Å². The molecular weight excluding hydrogens is 569 g/mol. The van der Waals surface area contributed by atoms with Crippen LogP contribution in [0.4, 0.5) is 0 Å². The van der Waals surface area contributed by atoms with Crippen LogP contribution in [0.2, 0.25) is 0 Å². The number of fused-ring (bicyclic) bond motifs is 4. The first-order valence-electron chi connectivity index (χ1n) is 15.4. The van der Waals surface area contributed by atoms with Crippen molar-refractivity contribution in [2.75, 3.05) is 0 Å². The van der Waals surface area contributed by atoms with Gasteiger partial charge >= 0.3 is 18.9 Å². The van der Waals surface area contributed by atoms with Crippen LogP contribution in [-0.4, -0.2) is 9.55 Å². The molecule has 4 nitrogen and oxygen atoms in total. The number of imidazole rings is 1. The maximum Gasteiger partial charge on any atom is 1.00 e. The van der Waals surface area contributed by atoms with Gasteiger partial charge in [-0.15, -0.1) is 0 Å². The second-order valence-electron chi connectivity index (χ2n) is 11.6. The molecule has 5 heteroatoms. The summed E-state index contributed by atoms with van der Waals surface area (Å²) in [6, 6.07) is 52.1. The first-order chi connectivity index (χ1) is 22.8. The molecule has 216 valence electrons. The van der Waals surface area contributed by atoms with Crippen LogP contribution in [-0.2, 0) is 0 Å². The van der Waals surface area contributed by atoms with Crippen molar-refractivity contribution in [1.82, 2.24) is 9.55 Å². The van der Waals surface area contributed by atoms with Crippen LogP contribution in [0.5, 0.6) is 5.75 Å². The fourth-order valence-electron chi connectivity index (χ4n) is 6.94. The van der Waals surface area contributed by atoms with Gasteiger partial charge in [-0.05, 0) is 85.9 Å². The van der Waals surface area contributed by atoms with Gasteiger partial charge < -0.3 is 5.11 Å². The zero-order valence-corrected chi connectivity index (χ0v) is 25.8. The van der Waals surface area contributed by atoms with Crippen molar-refractivity contribution in [3.63, 3.8) is 0 Å². The third kappa shape index (κ3) is 4.62. The van der Waals surface area contributed by atoms with Gasteiger partial charge in [0.1, 0.15) is 5.82 Å². The van der Waals surface area contributed by atoms with Crippen LogP contribution >= 0.6 is 0 Å². The average Bonchev–Trinajstić information content (AvgIpc) is 3.51. The minimum atomic E-state index is 0. The molecule has 0 saturated carbocycles. The van der Waals surface area contributed by atoms with Gasteiger partial charge in [0.05, 0.1) is 11.0 Å². The Labute approximate surface area is 283 Å². The van der Waals surface area contributed by atoms with E-state index in [-0.39, 0.29) is 24.6 Å². The minimum Gasteiger partial charge on any atom is -0.868 e. The van der Waals surface area contributed by atoms with Gasteiger partial charge in [0, 0.05) is 22.7 Å². The number of H-pyrrole nitrogens is 1. The molecule has 0 saturated heterocycles. The molecule has 2 heterocycles. The summed E-state index contributed by atoms with van der Waals surface area (Å²) in [5, 5.41) is 19.1. The van der Waals surface area contributed by atoms with E-state index in [1.807, 2.05) is 42.6 Å². The maximum atomic E-state index is 13.9. The van der Waals surface area contributed by atoms with E-state index in [0.717, 1.165) is 71.7 Å². The fourth-order valence-corrected chi connectivity index (χ4v) is 6.94. The number of hydrogen-bond donors (Lipinski definition) is 0. The van der Waals surface area contributed by atoms with Gasteiger partial charge in [-0.3, -0.25) is 4.57 Å². The molecule has 0 atom stereocenters. The Bertz CT molecular complexity index is 2530. The number of rotatable bonds is 4. The number of para-hydroxylation sites is 3. The maximum absolute atomic E-state index is 13.9. The molecular formula is C42H27LiN3O+. The van der Waals surface area contributed by atoms with Crippen molar-refractivity contribution < 1.29 is 29.0 Å². The van der Waals surface area contributed by atoms with Gasteiger partial charge in [0.25, 0.3) is 0 Å². The quantitative estimate of drug-likeness (QED) is 0.175. The first kappa shape index (κ1) is 28.8. The van der Waals surface area contributed by atoms with Gasteiger partial charge in [-0.1, -0.05) is 109 Å². The number of benzene rings is 7. The number of aromatic amines is 1. The summed E-state index contributed by atoms with van der Waals surface area (Å²) in [7, 11) is 0. The van der Waals surface area contributed by atoms with E-state index in [9.17, 15) is 5.11 Å². The van der Waals surface area contributed by atoms with Crippen LogP contribution in [0, 0.1) is 0 Å². The largest absolute Gasteiger partial charge is 1.00 e. The summed E-state index contributed by atoms with van der Waals surface area (Å²) < 4.78 is 2.23. The molecule has 0 amide bonds. The van der Waals surface area contributed by atoms with E-state index < -0.39 is 0 Å². The molecule has 47 heavy (non-hydrogen) atoms. The van der Waals surface area contributed by atoms with Gasteiger partial charge in [-0.2, -0.15) is 0 Å². The molecule has 0 aliphatic carbocycles. The summed E-state index contributed by atoms with van der Waals surface area (Å²) in [5.41, 5.74) is 8.69. The van der Waals surface area contributed by atoms with Crippen molar-refractivity contribution in [3.8, 4) is 45.1 Å². The minimum absolute atomic E-state index is 0. The zero-order valence-electron chi connectivity index (χ0n) is 25.8. The summed E-state index contributed by atoms with van der Waals surface area (Å²) in [5.74, 6) is 0.909. The molecule has 7 aromatic carbocycles. The van der Waals surface area contributed by atoms with Crippen molar-refractivity contribution in [3.05, 3.63) is 158 Å². The van der Waals surface area contributed by atoms with E-state index in [0.29, 0.717) is 11.1 Å². The van der Waals surface area contributed by atoms with Crippen molar-refractivity contribution in [2.45, 2.75) is 0 Å². The van der Waals surface area contributed by atoms with E-state index in [2.05, 4.69) is 125 Å². The third-order valence-corrected chi connectivity index (χ3v) is 9.00. The Balaban J connectivity index is 0.00000324. The summed E-state index contributed by atoms with van der Waals surface area (Å²) in [6.07, 6.45) is 1.81. The van der Waals surface area contributed by atoms with Crippen molar-refractivity contribution in [2.24, 2.45) is 0 Å². The number of aromatic nitrogens is 3. The summed E-state index contributed by atoms with van der Waals surface area (Å²) in [6.45, 7) is 0. The number of hydrogen-bond acceptors (Lipinski definition) is 2. The first-order valence-corrected chi connectivity index (χ1v) is 15.4. The monoisotopic (exact) mass is 596 g/mol. The summed E-state index contributed by atoms with van der Waals surface area (Å²) >= 11 is 0. The van der Waals surface area contributed by atoms with Gasteiger partial charge in [0.2, 0.25) is 5.52 Å². The number of pyridine rings is 1. The second-order valence-corrected chi connectivity index (χ2v) is 11.6. The number of nitrogens with zero attached hydrogens (tertiary/aromatic N) is 2. The standard InChI is InChI=1S/C42H27N3O.Li/c46-41-35(25-24-28-11-10-26-43-40(28)41)39-33-16-6-4-14-31(33)38(32-15-5-7-17-34(32)39)27-20-22-29(23-21-27)42-44-36-18-8-9-19-37(36)45(42)30-12-2-1-3-13-30;/h1-26,46H;/q;+1. The van der Waals surface area contributed by atoms with Crippen LogP contribution in [0.3, 0.4) is 0 Å². The Morgan fingerprint density at radius 2 is 1.13 bits per heavy atom. The fraction of sp³-hybridized carbons (Fsp3) is 0. The molecule has 0 radical (unpaired) electrons. The van der Waals surface area contributed by atoms with Crippen molar-refractivity contribution >= 4 is 43.5 Å². The molecule has 0 bridgehead atoms. The number of nitrogens with one attached hydrogen (secondary N) is 1. The Morgan fingerprint density at radius 1 is 0.532 bits per heavy atom. The third-order valence-electron chi connectivity index (χ3n) is 9.00. The molecule has 1 N–H and O–H groups in total. The van der Waals surface area contributed by atoms with E-state index >= 15 is 0 Å². The smallest absolute Gasteiger partial charge is 0.868 e. The van der Waals surface area contributed by atoms with Crippen molar-refractivity contribution in [1.29, 1.82) is 0 Å². The Kier molecular flexibility index (Phi) is 7.11. The van der Waals surface area contributed by atoms with E-state index in [4.69, 9.17) is 4.98 Å². The van der Waals surface area contributed by atoms with Gasteiger partial charge in [-0.25, -0.2) is 9.97 Å². The zero-order chi connectivity index (χ0) is 30.6. The van der Waals surface area contributed by atoms with Crippen LogP contribution in [0.15, 0.2) is 158 Å². The predicted molar refractivity (Wildman–Crippen MR) is 186 cm³/mol. The molecule has 0 spiro atoms. The molecule has 9 aromatic rings. The van der Waals surface area contributed by atoms with Crippen LogP contribution < -0.4 is 29.0 Å².